The van der Waals surface area contributed by atoms with Crippen molar-refractivity contribution in [1.82, 2.24) is 4.98 Å². The summed E-state index contributed by atoms with van der Waals surface area (Å²) in [6.07, 6.45) is 0. The molecule has 20 heavy (non-hydrogen) atoms. The van der Waals surface area contributed by atoms with Crippen molar-refractivity contribution >= 4 is 27.5 Å². The van der Waals surface area contributed by atoms with Crippen LogP contribution in [0.1, 0.15) is 21.6 Å². The summed E-state index contributed by atoms with van der Waals surface area (Å²) in [5.74, 6) is -1.13. The number of pyridine rings is 1. The average Bonchev–Trinajstić information content (AvgIpc) is 2.40. The standard InChI is InChI=1S/C14H13BrFN3O/c1-8-11(16)5-9(14(17)20)6-12(8)18-7-10-3-2-4-13(15)19-10/h2-6,18H,7H2,1H3,(H2,17,20). The van der Waals surface area contributed by atoms with Gasteiger partial charge in [-0.2, -0.15) is 0 Å². The molecule has 0 aliphatic rings. The van der Waals surface area contributed by atoms with E-state index < -0.39 is 11.7 Å². The summed E-state index contributed by atoms with van der Waals surface area (Å²) in [7, 11) is 0. The zero-order valence-electron chi connectivity index (χ0n) is 10.8. The molecule has 0 saturated carbocycles. The number of nitrogens with two attached hydrogens (primary N) is 1. The Balaban J connectivity index is 2.23. The van der Waals surface area contributed by atoms with E-state index in [0.29, 0.717) is 17.8 Å². The molecule has 0 bridgehead atoms. The van der Waals surface area contributed by atoms with E-state index in [1.807, 2.05) is 18.2 Å². The number of carbonyl (C=O) groups excluding carboxylic acids is 1. The molecule has 104 valence electrons. The van der Waals surface area contributed by atoms with E-state index in [9.17, 15) is 9.18 Å². The summed E-state index contributed by atoms with van der Waals surface area (Å²) in [6, 6.07) is 8.21. The van der Waals surface area contributed by atoms with Crippen molar-refractivity contribution in [2.24, 2.45) is 5.73 Å². The molecule has 0 atom stereocenters. The van der Waals surface area contributed by atoms with Gasteiger partial charge in [0.05, 0.1) is 12.2 Å². The first kappa shape index (κ1) is 14.5. The quantitative estimate of drug-likeness (QED) is 0.842. The van der Waals surface area contributed by atoms with Gasteiger partial charge in [0, 0.05) is 16.8 Å². The molecule has 0 fully saturated rings. The first-order chi connectivity index (χ1) is 9.47. The fraction of sp³-hybridized carbons (Fsp3) is 0.143. The molecular formula is C14H13BrFN3O. The maximum absolute atomic E-state index is 13.7. The molecule has 6 heteroatoms. The Morgan fingerprint density at radius 1 is 1.45 bits per heavy atom. The van der Waals surface area contributed by atoms with Crippen LogP contribution in [0, 0.1) is 12.7 Å². The smallest absolute Gasteiger partial charge is 0.248 e. The van der Waals surface area contributed by atoms with Gasteiger partial charge in [-0.15, -0.1) is 0 Å². The molecule has 3 N–H and O–H groups in total. The summed E-state index contributed by atoms with van der Waals surface area (Å²) in [5, 5.41) is 3.06. The molecule has 0 unspecified atom stereocenters. The van der Waals surface area contributed by atoms with Gasteiger partial charge in [-0.25, -0.2) is 9.37 Å². The number of nitrogens with one attached hydrogen (secondary N) is 1. The molecule has 0 saturated heterocycles. The van der Waals surface area contributed by atoms with E-state index in [4.69, 9.17) is 5.73 Å². The summed E-state index contributed by atoms with van der Waals surface area (Å²) < 4.78 is 14.4. The Morgan fingerprint density at radius 2 is 2.20 bits per heavy atom. The molecule has 1 heterocycles. The number of amides is 1. The Hall–Kier alpha value is -1.95. The molecule has 1 aromatic carbocycles. The van der Waals surface area contributed by atoms with Gasteiger partial charge in [-0.1, -0.05) is 6.07 Å². The SMILES string of the molecule is Cc1c(F)cc(C(N)=O)cc1NCc1cccc(Br)n1. The van der Waals surface area contributed by atoms with Gasteiger partial charge in [0.1, 0.15) is 10.4 Å². The van der Waals surface area contributed by atoms with E-state index in [0.717, 1.165) is 16.4 Å². The van der Waals surface area contributed by atoms with Crippen LogP contribution in [0.3, 0.4) is 0 Å². The first-order valence-electron chi connectivity index (χ1n) is 5.92. The Labute approximate surface area is 124 Å². The topological polar surface area (TPSA) is 68.0 Å². The first-order valence-corrected chi connectivity index (χ1v) is 6.72. The van der Waals surface area contributed by atoms with E-state index in [1.54, 1.807) is 13.0 Å². The summed E-state index contributed by atoms with van der Waals surface area (Å²) in [5.41, 5.74) is 7.07. The molecule has 0 aliphatic heterocycles. The molecule has 2 aromatic rings. The number of rotatable bonds is 4. The lowest BCUT2D eigenvalue weighted by atomic mass is 10.1. The monoisotopic (exact) mass is 337 g/mol. The van der Waals surface area contributed by atoms with Gasteiger partial charge in [0.15, 0.2) is 0 Å². The number of aromatic nitrogens is 1. The minimum absolute atomic E-state index is 0.137. The normalized spacial score (nSPS) is 10.3. The number of carbonyl (C=O) groups is 1. The number of benzene rings is 1. The summed E-state index contributed by atoms with van der Waals surface area (Å²) >= 11 is 3.29. The van der Waals surface area contributed by atoms with Gasteiger partial charge in [-0.05, 0) is 47.1 Å². The third kappa shape index (κ3) is 3.33. The second-order valence-corrected chi connectivity index (χ2v) is 5.11. The van der Waals surface area contributed by atoms with E-state index in [-0.39, 0.29) is 5.56 Å². The predicted octanol–water partition coefficient (Wildman–Crippen LogP) is 3.00. The second-order valence-electron chi connectivity index (χ2n) is 4.30. The van der Waals surface area contributed by atoms with Crippen molar-refractivity contribution in [2.45, 2.75) is 13.5 Å². The largest absolute Gasteiger partial charge is 0.379 e. The Bertz CT molecular complexity index is 661. The van der Waals surface area contributed by atoms with Crippen LogP contribution in [0.4, 0.5) is 10.1 Å². The van der Waals surface area contributed by atoms with Crippen molar-refractivity contribution in [3.05, 3.63) is 57.6 Å². The minimum atomic E-state index is -0.660. The highest BCUT2D eigenvalue weighted by atomic mass is 79.9. The van der Waals surface area contributed by atoms with Crippen LogP contribution >= 0.6 is 15.9 Å². The van der Waals surface area contributed by atoms with Crippen molar-refractivity contribution in [3.63, 3.8) is 0 Å². The average molecular weight is 338 g/mol. The summed E-state index contributed by atoms with van der Waals surface area (Å²) in [4.78, 5) is 15.4. The van der Waals surface area contributed by atoms with Crippen molar-refractivity contribution < 1.29 is 9.18 Å². The second kappa shape index (κ2) is 6.00. The van der Waals surface area contributed by atoms with Crippen molar-refractivity contribution in [3.8, 4) is 0 Å². The molecule has 4 nitrogen and oxygen atoms in total. The van der Waals surface area contributed by atoms with E-state index in [2.05, 4.69) is 26.2 Å². The summed E-state index contributed by atoms with van der Waals surface area (Å²) in [6.45, 7) is 2.05. The van der Waals surface area contributed by atoms with E-state index >= 15 is 0 Å². The maximum Gasteiger partial charge on any atom is 0.248 e. The number of halogens is 2. The van der Waals surface area contributed by atoms with Gasteiger partial charge < -0.3 is 11.1 Å². The van der Waals surface area contributed by atoms with Crippen LogP contribution in [0.2, 0.25) is 0 Å². The number of anilines is 1. The van der Waals surface area contributed by atoms with Crippen LogP contribution in [0.25, 0.3) is 0 Å². The number of primary amides is 1. The lowest BCUT2D eigenvalue weighted by molar-refractivity contribution is 0.1000. The molecule has 1 aromatic heterocycles. The number of hydrogen-bond acceptors (Lipinski definition) is 3. The lowest BCUT2D eigenvalue weighted by Gasteiger charge is -2.11. The van der Waals surface area contributed by atoms with E-state index in [1.165, 1.54) is 0 Å². The highest BCUT2D eigenvalue weighted by Gasteiger charge is 2.10. The molecule has 0 aliphatic carbocycles. The maximum atomic E-state index is 13.7. The van der Waals surface area contributed by atoms with Crippen LogP contribution < -0.4 is 11.1 Å². The lowest BCUT2D eigenvalue weighted by Crippen LogP contribution is -2.13. The fourth-order valence-electron chi connectivity index (χ4n) is 1.74. The zero-order chi connectivity index (χ0) is 14.7. The zero-order valence-corrected chi connectivity index (χ0v) is 12.4. The number of hydrogen-bond donors (Lipinski definition) is 2. The third-order valence-electron chi connectivity index (χ3n) is 2.86. The molecule has 0 radical (unpaired) electrons. The highest BCUT2D eigenvalue weighted by molar-refractivity contribution is 9.10. The molecule has 0 spiro atoms. The minimum Gasteiger partial charge on any atom is -0.379 e. The van der Waals surface area contributed by atoms with Crippen molar-refractivity contribution in [1.29, 1.82) is 0 Å². The van der Waals surface area contributed by atoms with Gasteiger partial charge in [0.2, 0.25) is 5.91 Å². The van der Waals surface area contributed by atoms with Gasteiger partial charge in [0.25, 0.3) is 0 Å². The predicted molar refractivity (Wildman–Crippen MR) is 78.9 cm³/mol. The van der Waals surface area contributed by atoms with Crippen LogP contribution in [-0.4, -0.2) is 10.9 Å². The fourth-order valence-corrected chi connectivity index (χ4v) is 2.12. The van der Waals surface area contributed by atoms with Gasteiger partial charge in [-0.3, -0.25) is 4.79 Å². The Morgan fingerprint density at radius 3 is 2.85 bits per heavy atom. The Kier molecular flexibility index (Phi) is 4.34. The van der Waals surface area contributed by atoms with Gasteiger partial charge >= 0.3 is 0 Å². The molecule has 1 amide bonds. The van der Waals surface area contributed by atoms with Crippen molar-refractivity contribution in [2.75, 3.05) is 5.32 Å². The number of nitrogens with zero attached hydrogens (tertiary/aromatic N) is 1. The van der Waals surface area contributed by atoms with Crippen LogP contribution in [0.15, 0.2) is 34.9 Å². The molecule has 2 rings (SSSR count). The van der Waals surface area contributed by atoms with Crippen LogP contribution in [-0.2, 0) is 6.54 Å². The highest BCUT2D eigenvalue weighted by Crippen LogP contribution is 2.21. The third-order valence-corrected chi connectivity index (χ3v) is 3.30. The molecular weight excluding hydrogens is 325 g/mol. The van der Waals surface area contributed by atoms with Crippen LogP contribution in [0.5, 0.6) is 0 Å².